The number of carbonyl (C=O) groups excluding carboxylic acids is 1. The summed E-state index contributed by atoms with van der Waals surface area (Å²) in [7, 11) is 0. The molecular weight excluding hydrogens is 408 g/mol. The molecule has 2 fully saturated rings. The molecule has 6 heteroatoms. The number of piperidine rings is 2. The smallest absolute Gasteiger partial charge is 0.222 e. The number of fused-ring (bicyclic) bond motifs is 3. The van der Waals surface area contributed by atoms with Gasteiger partial charge in [0, 0.05) is 62.5 Å². The minimum absolute atomic E-state index is 0.205. The predicted molar refractivity (Wildman–Crippen MR) is 122 cm³/mol. The molecule has 0 unspecified atom stereocenters. The van der Waals surface area contributed by atoms with Crippen LogP contribution in [-0.2, 0) is 4.79 Å². The van der Waals surface area contributed by atoms with E-state index in [4.69, 9.17) is 0 Å². The Kier molecular flexibility index (Phi) is 5.96. The summed E-state index contributed by atoms with van der Waals surface area (Å²) in [6.45, 7) is 4.17. The summed E-state index contributed by atoms with van der Waals surface area (Å²) in [5.74, 6) is -0.00729. The van der Waals surface area contributed by atoms with Crippen molar-refractivity contribution in [3.05, 3.63) is 71.8 Å². The molecule has 0 bridgehead atoms. The molecule has 2 atom stereocenters. The van der Waals surface area contributed by atoms with Gasteiger partial charge in [-0.15, -0.1) is 0 Å². The van der Waals surface area contributed by atoms with Gasteiger partial charge in [-0.3, -0.25) is 9.69 Å². The normalized spacial score (nSPS) is 23.6. The van der Waals surface area contributed by atoms with Crippen LogP contribution in [0.15, 0.2) is 54.6 Å². The van der Waals surface area contributed by atoms with Crippen LogP contribution in [0.2, 0.25) is 0 Å². The molecule has 32 heavy (non-hydrogen) atoms. The molecule has 0 aromatic heterocycles. The van der Waals surface area contributed by atoms with E-state index in [-0.39, 0.29) is 29.5 Å². The second-order valence-corrected chi connectivity index (χ2v) is 9.04. The Morgan fingerprint density at radius 3 is 2.53 bits per heavy atom. The molecule has 4 nitrogen and oxygen atoms in total. The van der Waals surface area contributed by atoms with Crippen molar-refractivity contribution in [2.75, 3.05) is 37.6 Å². The summed E-state index contributed by atoms with van der Waals surface area (Å²) < 4.78 is 27.6. The van der Waals surface area contributed by atoms with Gasteiger partial charge in [-0.05, 0) is 67.3 Å². The number of benzene rings is 2. The number of anilines is 2. The maximum absolute atomic E-state index is 14.1. The molecule has 2 saturated heterocycles. The maximum atomic E-state index is 14.1. The summed E-state index contributed by atoms with van der Waals surface area (Å²) in [6.07, 6.45) is 7.98. The number of carbonyl (C=O) groups is 1. The van der Waals surface area contributed by atoms with Gasteiger partial charge in [0.1, 0.15) is 11.6 Å². The number of nitrogens with zero attached hydrogens (tertiary/aromatic N) is 3. The third-order valence-electron chi connectivity index (χ3n) is 7.02. The highest BCUT2D eigenvalue weighted by Gasteiger charge is 2.42. The van der Waals surface area contributed by atoms with Crippen LogP contribution < -0.4 is 4.90 Å². The lowest BCUT2D eigenvalue weighted by atomic mass is 9.89. The van der Waals surface area contributed by atoms with Gasteiger partial charge < -0.3 is 9.80 Å². The van der Waals surface area contributed by atoms with Gasteiger partial charge in [-0.1, -0.05) is 12.2 Å². The summed E-state index contributed by atoms with van der Waals surface area (Å²) in [4.78, 5) is 18.5. The second kappa shape index (κ2) is 9.02. The fraction of sp³-hybridized carbons (Fsp3) is 0.423. The van der Waals surface area contributed by atoms with Crippen LogP contribution in [0, 0.1) is 11.6 Å². The van der Waals surface area contributed by atoms with E-state index in [1.165, 1.54) is 18.2 Å². The largest absolute Gasteiger partial charge is 0.339 e. The highest BCUT2D eigenvalue weighted by molar-refractivity contribution is 5.77. The standard InChI is InChI=1S/C26H29F2N3O/c27-19-6-9-21(10-7-19)31-24-11-8-20(28)17-22(24)23-18-29(16-12-25(23)31)13-3-4-15-30-14-2-1-5-26(30)32/h3-4,6-11,17,23,25H,1-2,5,12-16,18H2/t23-,25+/m0/s1. The third kappa shape index (κ3) is 4.16. The quantitative estimate of drug-likeness (QED) is 0.626. The van der Waals surface area contributed by atoms with E-state index in [1.54, 1.807) is 6.07 Å². The van der Waals surface area contributed by atoms with Gasteiger partial charge in [0.15, 0.2) is 0 Å². The first-order chi connectivity index (χ1) is 15.6. The molecular formula is C26H29F2N3O. The van der Waals surface area contributed by atoms with Crippen LogP contribution in [0.3, 0.4) is 0 Å². The number of hydrogen-bond donors (Lipinski definition) is 0. The van der Waals surface area contributed by atoms with Crippen molar-refractivity contribution in [3.63, 3.8) is 0 Å². The Morgan fingerprint density at radius 1 is 0.938 bits per heavy atom. The number of halogens is 2. The lowest BCUT2D eigenvalue weighted by molar-refractivity contribution is -0.132. The van der Waals surface area contributed by atoms with Crippen molar-refractivity contribution in [2.24, 2.45) is 0 Å². The molecule has 0 spiro atoms. The third-order valence-corrected chi connectivity index (χ3v) is 7.02. The highest BCUT2D eigenvalue weighted by atomic mass is 19.1. The molecule has 168 valence electrons. The Labute approximate surface area is 188 Å². The zero-order valence-electron chi connectivity index (χ0n) is 18.2. The number of hydrogen-bond acceptors (Lipinski definition) is 3. The zero-order valence-corrected chi connectivity index (χ0v) is 18.2. The molecule has 3 aliphatic heterocycles. The molecule has 3 aliphatic rings. The van der Waals surface area contributed by atoms with E-state index < -0.39 is 0 Å². The molecule has 0 saturated carbocycles. The first-order valence-corrected chi connectivity index (χ1v) is 11.6. The average Bonchev–Trinajstić information content (AvgIpc) is 3.11. The fourth-order valence-corrected chi connectivity index (χ4v) is 5.42. The number of amides is 1. The topological polar surface area (TPSA) is 26.8 Å². The molecule has 2 aromatic rings. The summed E-state index contributed by atoms with van der Waals surface area (Å²) >= 11 is 0. The van der Waals surface area contributed by atoms with Gasteiger partial charge in [-0.2, -0.15) is 0 Å². The van der Waals surface area contributed by atoms with E-state index in [2.05, 4.69) is 22.0 Å². The molecule has 0 N–H and O–H groups in total. The van der Waals surface area contributed by atoms with Crippen molar-refractivity contribution in [1.29, 1.82) is 0 Å². The van der Waals surface area contributed by atoms with Crippen LogP contribution in [0.1, 0.15) is 37.2 Å². The van der Waals surface area contributed by atoms with Crippen LogP contribution in [0.25, 0.3) is 0 Å². The minimum Gasteiger partial charge on any atom is -0.339 e. The van der Waals surface area contributed by atoms with Crippen molar-refractivity contribution in [3.8, 4) is 0 Å². The maximum Gasteiger partial charge on any atom is 0.222 e. The summed E-state index contributed by atoms with van der Waals surface area (Å²) in [5.41, 5.74) is 3.01. The number of rotatable bonds is 5. The van der Waals surface area contributed by atoms with Gasteiger partial charge in [0.05, 0.1) is 0 Å². The molecule has 1 amide bonds. The fourth-order valence-electron chi connectivity index (χ4n) is 5.42. The van der Waals surface area contributed by atoms with E-state index in [0.29, 0.717) is 13.0 Å². The zero-order chi connectivity index (χ0) is 22.1. The Morgan fingerprint density at radius 2 is 1.72 bits per heavy atom. The molecule has 0 aliphatic carbocycles. The summed E-state index contributed by atoms with van der Waals surface area (Å²) in [6, 6.07) is 11.9. The minimum atomic E-state index is -0.253. The first-order valence-electron chi connectivity index (χ1n) is 11.6. The van der Waals surface area contributed by atoms with Gasteiger partial charge in [0.2, 0.25) is 5.91 Å². The van der Waals surface area contributed by atoms with E-state index in [0.717, 1.165) is 62.4 Å². The predicted octanol–water partition coefficient (Wildman–Crippen LogP) is 4.84. The SMILES string of the molecule is O=C1CCCCN1CC=CCN1CC[C@@H]2[C@@H](C1)c1cc(F)ccc1N2c1ccc(F)cc1. The van der Waals surface area contributed by atoms with Crippen LogP contribution in [-0.4, -0.2) is 54.5 Å². The van der Waals surface area contributed by atoms with Crippen molar-refractivity contribution >= 4 is 17.3 Å². The Bertz CT molecular complexity index is 1010. The lowest BCUT2D eigenvalue weighted by Crippen LogP contribution is -2.44. The second-order valence-electron chi connectivity index (χ2n) is 9.04. The average molecular weight is 438 g/mol. The molecule has 5 rings (SSSR count). The van der Waals surface area contributed by atoms with Crippen molar-refractivity contribution < 1.29 is 13.6 Å². The highest BCUT2D eigenvalue weighted by Crippen LogP contribution is 2.48. The first kappa shape index (κ1) is 21.1. The Balaban J connectivity index is 1.29. The molecule has 2 aromatic carbocycles. The van der Waals surface area contributed by atoms with Crippen LogP contribution >= 0.6 is 0 Å². The lowest BCUT2D eigenvalue weighted by Gasteiger charge is -2.38. The molecule has 0 radical (unpaired) electrons. The van der Waals surface area contributed by atoms with Crippen molar-refractivity contribution in [2.45, 2.75) is 37.6 Å². The molecule has 3 heterocycles. The monoisotopic (exact) mass is 437 g/mol. The van der Waals surface area contributed by atoms with Gasteiger partial charge in [-0.25, -0.2) is 8.78 Å². The van der Waals surface area contributed by atoms with Gasteiger partial charge in [0.25, 0.3) is 0 Å². The van der Waals surface area contributed by atoms with Crippen LogP contribution in [0.4, 0.5) is 20.2 Å². The Hall–Kier alpha value is -2.73. The van der Waals surface area contributed by atoms with Crippen molar-refractivity contribution in [1.82, 2.24) is 9.80 Å². The van der Waals surface area contributed by atoms with E-state index in [9.17, 15) is 13.6 Å². The summed E-state index contributed by atoms with van der Waals surface area (Å²) in [5, 5.41) is 0. The van der Waals surface area contributed by atoms with Gasteiger partial charge >= 0.3 is 0 Å². The number of likely N-dealkylation sites (tertiary alicyclic amines) is 2. The van der Waals surface area contributed by atoms with Crippen LogP contribution in [0.5, 0.6) is 0 Å². The van der Waals surface area contributed by atoms with E-state index in [1.807, 2.05) is 23.1 Å². The van der Waals surface area contributed by atoms with E-state index >= 15 is 0 Å².